The van der Waals surface area contributed by atoms with Gasteiger partial charge in [0.25, 0.3) is 0 Å². The first-order chi connectivity index (χ1) is 14.4. The molecule has 0 saturated carbocycles. The number of rotatable bonds is 3. The highest BCUT2D eigenvalue weighted by Crippen LogP contribution is 2.32. The minimum Gasteiger partial charge on any atom is -0.357 e. The summed E-state index contributed by atoms with van der Waals surface area (Å²) in [5.74, 6) is -3.85. The van der Waals surface area contributed by atoms with E-state index >= 15 is 0 Å². The van der Waals surface area contributed by atoms with Crippen LogP contribution in [0.2, 0.25) is 0 Å². The van der Waals surface area contributed by atoms with Crippen LogP contribution in [0.15, 0.2) is 12.1 Å². The van der Waals surface area contributed by atoms with Gasteiger partial charge >= 0.3 is 6.03 Å². The Balaban J connectivity index is 2.08. The molecule has 1 unspecified atom stereocenters. The van der Waals surface area contributed by atoms with E-state index in [0.29, 0.717) is 36.8 Å². The Bertz CT molecular complexity index is 1030. The molecule has 168 valence electrons. The second kappa shape index (κ2) is 8.33. The molecule has 0 fully saturated rings. The van der Waals surface area contributed by atoms with Gasteiger partial charge in [-0.2, -0.15) is 9.78 Å². The Hall–Kier alpha value is -2.88. The summed E-state index contributed by atoms with van der Waals surface area (Å²) in [4.78, 5) is 27.4. The van der Waals surface area contributed by atoms with Gasteiger partial charge in [-0.3, -0.25) is 4.79 Å². The second-order valence-electron chi connectivity index (χ2n) is 8.78. The Morgan fingerprint density at radius 3 is 2.39 bits per heavy atom. The number of benzene rings is 1. The van der Waals surface area contributed by atoms with Gasteiger partial charge in [0.1, 0.15) is 17.6 Å². The summed E-state index contributed by atoms with van der Waals surface area (Å²) in [6.07, 6.45) is 0.442. The van der Waals surface area contributed by atoms with E-state index < -0.39 is 34.9 Å². The molecule has 0 aliphatic carbocycles. The maximum Gasteiger partial charge on any atom is 0.343 e. The number of amides is 2. The summed E-state index contributed by atoms with van der Waals surface area (Å²) in [5.41, 5.74) is 0.356. The van der Waals surface area contributed by atoms with Crippen molar-refractivity contribution in [3.8, 4) is 11.3 Å². The Kier molecular flexibility index (Phi) is 6.13. The lowest BCUT2D eigenvalue weighted by Crippen LogP contribution is -2.54. The van der Waals surface area contributed by atoms with Crippen molar-refractivity contribution < 1.29 is 22.8 Å². The summed E-state index contributed by atoms with van der Waals surface area (Å²) in [6, 6.07) is -0.297. The maximum absolute atomic E-state index is 14.5. The molecule has 2 N–H and O–H groups in total. The van der Waals surface area contributed by atoms with Crippen molar-refractivity contribution in [1.82, 2.24) is 25.3 Å². The number of nitrogens with zero attached hydrogens (tertiary/aromatic N) is 3. The molecule has 1 aliphatic heterocycles. The van der Waals surface area contributed by atoms with E-state index in [0.717, 1.165) is 10.7 Å². The van der Waals surface area contributed by atoms with Crippen molar-refractivity contribution in [3.63, 3.8) is 0 Å². The van der Waals surface area contributed by atoms with E-state index in [2.05, 4.69) is 15.7 Å². The monoisotopic (exact) mass is 437 g/mol. The van der Waals surface area contributed by atoms with Gasteiger partial charge in [0.15, 0.2) is 11.6 Å². The molecule has 3 rings (SSSR count). The van der Waals surface area contributed by atoms with E-state index in [4.69, 9.17) is 0 Å². The van der Waals surface area contributed by atoms with Crippen LogP contribution >= 0.6 is 0 Å². The van der Waals surface area contributed by atoms with Gasteiger partial charge in [-0.25, -0.2) is 18.0 Å². The third kappa shape index (κ3) is 4.43. The average molecular weight is 437 g/mol. The van der Waals surface area contributed by atoms with Crippen LogP contribution in [-0.2, 0) is 17.8 Å². The largest absolute Gasteiger partial charge is 0.357 e. The number of carbonyl (C=O) groups excluding carboxylic acids is 2. The molecule has 1 aromatic heterocycles. The number of carbonyl (C=O) groups is 2. The van der Waals surface area contributed by atoms with Crippen molar-refractivity contribution in [2.24, 2.45) is 5.41 Å². The van der Waals surface area contributed by atoms with Crippen LogP contribution in [0, 0.1) is 22.9 Å². The molecule has 0 spiro atoms. The van der Waals surface area contributed by atoms with Gasteiger partial charge in [-0.1, -0.05) is 20.8 Å². The number of aromatic nitrogens is 2. The Labute approximate surface area is 178 Å². The minimum atomic E-state index is -1.30. The van der Waals surface area contributed by atoms with Crippen LogP contribution in [0.4, 0.5) is 18.0 Å². The number of fused-ring (bicyclic) bond motifs is 1. The molecule has 1 aliphatic rings. The highest BCUT2D eigenvalue weighted by atomic mass is 19.2. The summed E-state index contributed by atoms with van der Waals surface area (Å²) >= 11 is 0. The molecule has 0 radical (unpaired) electrons. The Morgan fingerprint density at radius 2 is 1.77 bits per heavy atom. The van der Waals surface area contributed by atoms with Crippen molar-refractivity contribution in [2.45, 2.75) is 39.8 Å². The molecule has 2 amide bonds. The van der Waals surface area contributed by atoms with Crippen LogP contribution in [-0.4, -0.2) is 53.3 Å². The topological polar surface area (TPSA) is 79.3 Å². The SMILES string of the molecule is CNC(=O)C(NC(=O)n1nc(-c2cc(F)c(F)cc2F)c2c1CCN(C)C2)C(C)(C)C. The van der Waals surface area contributed by atoms with Crippen molar-refractivity contribution >= 4 is 11.9 Å². The van der Waals surface area contributed by atoms with Crippen LogP contribution < -0.4 is 10.6 Å². The van der Waals surface area contributed by atoms with E-state index in [-0.39, 0.29) is 17.2 Å². The highest BCUT2D eigenvalue weighted by molar-refractivity contribution is 5.88. The number of nitrogens with one attached hydrogen (secondary N) is 2. The number of halogens is 3. The zero-order chi connectivity index (χ0) is 23.1. The van der Waals surface area contributed by atoms with Crippen molar-refractivity contribution in [3.05, 3.63) is 40.8 Å². The molecule has 2 aromatic rings. The first kappa shape index (κ1) is 22.8. The summed E-state index contributed by atoms with van der Waals surface area (Å²) in [6.45, 7) is 6.41. The fourth-order valence-electron chi connectivity index (χ4n) is 3.65. The van der Waals surface area contributed by atoms with E-state index in [1.807, 2.05) is 32.7 Å². The molecular formula is C21H26F3N5O2. The van der Waals surface area contributed by atoms with E-state index in [1.54, 1.807) is 0 Å². The molecule has 0 bridgehead atoms. The van der Waals surface area contributed by atoms with Gasteiger partial charge in [0.05, 0.1) is 5.69 Å². The lowest BCUT2D eigenvalue weighted by molar-refractivity contribution is -0.124. The molecule has 1 atom stereocenters. The van der Waals surface area contributed by atoms with Crippen molar-refractivity contribution in [1.29, 1.82) is 0 Å². The van der Waals surface area contributed by atoms with Gasteiger partial charge < -0.3 is 15.5 Å². The van der Waals surface area contributed by atoms with Crippen LogP contribution in [0.3, 0.4) is 0 Å². The molecule has 7 nitrogen and oxygen atoms in total. The second-order valence-corrected chi connectivity index (χ2v) is 8.78. The number of likely N-dealkylation sites (N-methyl/N-ethyl adjacent to an activating group) is 2. The van der Waals surface area contributed by atoms with E-state index in [9.17, 15) is 22.8 Å². The van der Waals surface area contributed by atoms with Gasteiger partial charge in [0, 0.05) is 43.8 Å². The third-order valence-electron chi connectivity index (χ3n) is 5.35. The number of hydrogen-bond acceptors (Lipinski definition) is 4. The quantitative estimate of drug-likeness (QED) is 0.724. The molecular weight excluding hydrogens is 411 g/mol. The fourth-order valence-corrected chi connectivity index (χ4v) is 3.65. The average Bonchev–Trinajstić information content (AvgIpc) is 3.05. The molecule has 10 heteroatoms. The molecule has 2 heterocycles. The molecule has 31 heavy (non-hydrogen) atoms. The van der Waals surface area contributed by atoms with Gasteiger partial charge in [-0.05, 0) is 18.5 Å². The summed E-state index contributed by atoms with van der Waals surface area (Å²) < 4.78 is 42.8. The lowest BCUT2D eigenvalue weighted by atomic mass is 9.86. The predicted octanol–water partition coefficient (Wildman–Crippen LogP) is 2.67. The summed E-state index contributed by atoms with van der Waals surface area (Å²) in [5, 5.41) is 9.49. The Morgan fingerprint density at radius 1 is 1.13 bits per heavy atom. The van der Waals surface area contributed by atoms with Crippen molar-refractivity contribution in [2.75, 3.05) is 20.6 Å². The standard InChI is InChI=1S/C21H26F3N5O2/c1-21(2,3)18(19(30)25-4)26-20(31)29-16-6-7-28(5)10-12(16)17(27-29)11-8-14(23)15(24)9-13(11)22/h8-9,18H,6-7,10H2,1-5H3,(H,25,30)(H,26,31). The summed E-state index contributed by atoms with van der Waals surface area (Å²) in [7, 11) is 3.33. The molecule has 0 saturated heterocycles. The zero-order valence-electron chi connectivity index (χ0n) is 18.1. The number of hydrogen-bond donors (Lipinski definition) is 2. The first-order valence-electron chi connectivity index (χ1n) is 9.90. The minimum absolute atomic E-state index is 0.0698. The first-order valence-corrected chi connectivity index (χ1v) is 9.90. The van der Waals surface area contributed by atoms with Crippen LogP contribution in [0.5, 0.6) is 0 Å². The fraction of sp³-hybridized carbons (Fsp3) is 0.476. The predicted molar refractivity (Wildman–Crippen MR) is 109 cm³/mol. The normalized spacial score (nSPS) is 15.4. The lowest BCUT2D eigenvalue weighted by Gasteiger charge is -2.30. The molecule has 1 aromatic carbocycles. The maximum atomic E-state index is 14.5. The van der Waals surface area contributed by atoms with Gasteiger partial charge in [0.2, 0.25) is 5.91 Å². The highest BCUT2D eigenvalue weighted by Gasteiger charge is 2.35. The van der Waals surface area contributed by atoms with Crippen LogP contribution in [0.1, 0.15) is 32.0 Å². The van der Waals surface area contributed by atoms with Gasteiger partial charge in [-0.15, -0.1) is 0 Å². The van der Waals surface area contributed by atoms with E-state index in [1.165, 1.54) is 7.05 Å². The smallest absolute Gasteiger partial charge is 0.343 e. The third-order valence-corrected chi connectivity index (χ3v) is 5.35. The zero-order valence-corrected chi connectivity index (χ0v) is 18.1. The van der Waals surface area contributed by atoms with Crippen LogP contribution in [0.25, 0.3) is 11.3 Å².